The summed E-state index contributed by atoms with van der Waals surface area (Å²) in [7, 11) is 1.56. The van der Waals surface area contributed by atoms with Gasteiger partial charge in [0.15, 0.2) is 6.29 Å². The first-order chi connectivity index (χ1) is 15.5. The zero-order chi connectivity index (χ0) is 24.3. The van der Waals surface area contributed by atoms with Crippen LogP contribution in [-0.2, 0) is 5.41 Å². The van der Waals surface area contributed by atoms with E-state index in [1.807, 2.05) is 12.1 Å². The molecule has 3 rings (SSSR count). The number of benzene rings is 2. The molecule has 8 heteroatoms. The number of rotatable bonds is 6. The van der Waals surface area contributed by atoms with Crippen LogP contribution in [0.1, 0.15) is 52.6 Å². The molecule has 1 amide bonds. The molecule has 1 aromatic heterocycles. The van der Waals surface area contributed by atoms with Gasteiger partial charge in [0.1, 0.15) is 5.75 Å². The van der Waals surface area contributed by atoms with Crippen LogP contribution in [0.15, 0.2) is 53.7 Å². The van der Waals surface area contributed by atoms with Crippen molar-refractivity contribution in [3.8, 4) is 5.75 Å². The fraction of sp³-hybridized carbons (Fsp3) is 0.240. The molecule has 0 radical (unpaired) electrons. The van der Waals surface area contributed by atoms with Crippen molar-refractivity contribution in [2.24, 2.45) is 0 Å². The third kappa shape index (κ3) is 5.31. The van der Waals surface area contributed by atoms with E-state index < -0.39 is 5.91 Å². The topological polar surface area (TPSA) is 82.5 Å². The van der Waals surface area contributed by atoms with Crippen molar-refractivity contribution in [3.63, 3.8) is 0 Å². The number of aldehydes is 1. The molecule has 0 aliphatic carbocycles. The molecule has 2 N–H and O–H groups in total. The molecule has 33 heavy (non-hydrogen) atoms. The van der Waals surface area contributed by atoms with Crippen LogP contribution in [0.25, 0.3) is 0 Å². The Morgan fingerprint density at radius 2 is 1.82 bits per heavy atom. The standard InChI is InChI=1S/C25H26ClN3O3S/c1-15-21(12-27-13-22(15)31)29(5)24(32)23-18(14-30)19(26)10-11-20(23)28-33-17-8-6-16(7-9-17)25(2,3)4/h6-14,28,31H,1-5H3. The third-order valence-corrected chi connectivity index (χ3v) is 6.51. The Balaban J connectivity index is 1.95. The van der Waals surface area contributed by atoms with E-state index in [0.717, 1.165) is 4.90 Å². The van der Waals surface area contributed by atoms with Gasteiger partial charge in [-0.05, 0) is 54.1 Å². The molecule has 1 heterocycles. The number of carbonyl (C=O) groups is 2. The van der Waals surface area contributed by atoms with Crippen LogP contribution in [-0.4, -0.2) is 29.3 Å². The van der Waals surface area contributed by atoms with Crippen molar-refractivity contribution in [3.05, 3.63) is 76.1 Å². The minimum atomic E-state index is -0.457. The number of hydrogen-bond donors (Lipinski definition) is 2. The molecule has 0 aliphatic rings. The fourth-order valence-corrected chi connectivity index (χ4v) is 4.15. The smallest absolute Gasteiger partial charge is 0.260 e. The number of amides is 1. The molecule has 0 spiro atoms. The van der Waals surface area contributed by atoms with Gasteiger partial charge in [0.05, 0.1) is 34.4 Å². The van der Waals surface area contributed by atoms with E-state index in [1.54, 1.807) is 26.1 Å². The molecule has 0 atom stereocenters. The summed E-state index contributed by atoms with van der Waals surface area (Å²) in [6.45, 7) is 8.14. The number of carbonyl (C=O) groups excluding carboxylic acids is 2. The largest absolute Gasteiger partial charge is 0.506 e. The van der Waals surface area contributed by atoms with E-state index >= 15 is 0 Å². The average molecular weight is 484 g/mol. The van der Waals surface area contributed by atoms with Crippen molar-refractivity contribution in [2.75, 3.05) is 16.7 Å². The molecule has 6 nitrogen and oxygen atoms in total. The van der Waals surface area contributed by atoms with Crippen LogP contribution < -0.4 is 9.62 Å². The van der Waals surface area contributed by atoms with Crippen molar-refractivity contribution in [2.45, 2.75) is 38.0 Å². The lowest BCUT2D eigenvalue weighted by Gasteiger charge is -2.22. The molecule has 0 aliphatic heterocycles. The number of anilines is 2. The van der Waals surface area contributed by atoms with Gasteiger partial charge in [-0.25, -0.2) is 0 Å². The Labute approximate surface area is 203 Å². The summed E-state index contributed by atoms with van der Waals surface area (Å²) in [6.07, 6.45) is 3.36. The van der Waals surface area contributed by atoms with Crippen LogP contribution >= 0.6 is 23.5 Å². The molecule has 0 fully saturated rings. The van der Waals surface area contributed by atoms with Gasteiger partial charge in [0, 0.05) is 23.1 Å². The highest BCUT2D eigenvalue weighted by Gasteiger charge is 2.25. The maximum Gasteiger partial charge on any atom is 0.260 e. The summed E-state index contributed by atoms with van der Waals surface area (Å²) in [4.78, 5) is 31.6. The van der Waals surface area contributed by atoms with Crippen LogP contribution in [0, 0.1) is 6.92 Å². The second-order valence-corrected chi connectivity index (χ2v) is 9.93. The molecule has 172 valence electrons. The predicted octanol–water partition coefficient (Wildman–Crippen LogP) is 6.25. The molecule has 2 aromatic carbocycles. The summed E-state index contributed by atoms with van der Waals surface area (Å²) in [5, 5.41) is 10.2. The highest BCUT2D eigenvalue weighted by Crippen LogP contribution is 2.33. The van der Waals surface area contributed by atoms with Crippen molar-refractivity contribution in [1.29, 1.82) is 0 Å². The van der Waals surface area contributed by atoms with Crippen molar-refractivity contribution in [1.82, 2.24) is 4.98 Å². The van der Waals surface area contributed by atoms with Gasteiger partial charge in [-0.1, -0.05) is 44.5 Å². The third-order valence-electron chi connectivity index (χ3n) is 5.35. The number of hydrogen-bond acceptors (Lipinski definition) is 6. The summed E-state index contributed by atoms with van der Waals surface area (Å²) in [5.74, 6) is -0.484. The molecular weight excluding hydrogens is 458 g/mol. The van der Waals surface area contributed by atoms with Crippen LogP contribution in [0.2, 0.25) is 5.02 Å². The van der Waals surface area contributed by atoms with Crippen molar-refractivity contribution < 1.29 is 14.7 Å². The van der Waals surface area contributed by atoms with Gasteiger partial charge in [0.25, 0.3) is 5.91 Å². The van der Waals surface area contributed by atoms with E-state index in [0.29, 0.717) is 23.2 Å². The molecule has 0 bridgehead atoms. The number of halogens is 1. The highest BCUT2D eigenvalue weighted by atomic mass is 35.5. The lowest BCUT2D eigenvalue weighted by atomic mass is 9.87. The lowest BCUT2D eigenvalue weighted by molar-refractivity contribution is 0.0987. The van der Waals surface area contributed by atoms with Crippen LogP contribution in [0.4, 0.5) is 11.4 Å². The van der Waals surface area contributed by atoms with Gasteiger partial charge in [-0.3, -0.25) is 14.6 Å². The minimum absolute atomic E-state index is 0.0264. The summed E-state index contributed by atoms with van der Waals surface area (Å²) in [5.41, 5.74) is 2.87. The molecule has 0 unspecified atom stereocenters. The van der Waals surface area contributed by atoms with Crippen LogP contribution in [0.5, 0.6) is 5.75 Å². The summed E-state index contributed by atoms with van der Waals surface area (Å²) < 4.78 is 3.19. The molecule has 3 aromatic rings. The monoisotopic (exact) mass is 483 g/mol. The van der Waals surface area contributed by atoms with Crippen molar-refractivity contribution >= 4 is 47.1 Å². The maximum absolute atomic E-state index is 13.5. The Kier molecular flexibility index (Phi) is 7.34. The summed E-state index contributed by atoms with van der Waals surface area (Å²) in [6, 6.07) is 11.4. The zero-order valence-corrected chi connectivity index (χ0v) is 20.7. The van der Waals surface area contributed by atoms with Gasteiger partial charge < -0.3 is 14.7 Å². The van der Waals surface area contributed by atoms with E-state index in [4.69, 9.17) is 11.6 Å². The first-order valence-electron chi connectivity index (χ1n) is 10.3. The minimum Gasteiger partial charge on any atom is -0.506 e. The first-order valence-corrected chi connectivity index (χ1v) is 11.5. The van der Waals surface area contributed by atoms with Crippen LogP contribution in [0.3, 0.4) is 0 Å². The maximum atomic E-state index is 13.5. The SMILES string of the molecule is Cc1c(O)cncc1N(C)C(=O)c1c(NSc2ccc(C(C)(C)C)cc2)ccc(Cl)c1C=O. The fourth-order valence-electron chi connectivity index (χ4n) is 3.28. The second kappa shape index (κ2) is 9.85. The number of nitrogens with zero attached hydrogens (tertiary/aromatic N) is 2. The zero-order valence-electron chi connectivity index (χ0n) is 19.1. The van der Waals surface area contributed by atoms with E-state index in [9.17, 15) is 14.7 Å². The van der Waals surface area contributed by atoms with Gasteiger partial charge in [-0.2, -0.15) is 0 Å². The first kappa shape index (κ1) is 24.6. The quantitative estimate of drug-likeness (QED) is 0.318. The Hall–Kier alpha value is -3.03. The van der Waals surface area contributed by atoms with Gasteiger partial charge in [0.2, 0.25) is 0 Å². The van der Waals surface area contributed by atoms with E-state index in [1.165, 1.54) is 34.8 Å². The van der Waals surface area contributed by atoms with E-state index in [2.05, 4.69) is 42.6 Å². The number of nitrogens with one attached hydrogen (secondary N) is 1. The second-order valence-electron chi connectivity index (χ2n) is 8.65. The highest BCUT2D eigenvalue weighted by molar-refractivity contribution is 8.00. The Bertz CT molecular complexity index is 1190. The number of pyridine rings is 1. The molecule has 0 saturated heterocycles. The Morgan fingerprint density at radius 3 is 2.42 bits per heavy atom. The summed E-state index contributed by atoms with van der Waals surface area (Å²) >= 11 is 7.57. The molecular formula is C25H26ClN3O3S. The predicted molar refractivity (Wildman–Crippen MR) is 135 cm³/mol. The van der Waals surface area contributed by atoms with Gasteiger partial charge >= 0.3 is 0 Å². The number of aromatic hydroxyl groups is 1. The lowest BCUT2D eigenvalue weighted by Crippen LogP contribution is -2.29. The van der Waals surface area contributed by atoms with E-state index in [-0.39, 0.29) is 27.3 Å². The normalized spacial score (nSPS) is 11.2. The Morgan fingerprint density at radius 1 is 1.15 bits per heavy atom. The molecule has 0 saturated carbocycles. The van der Waals surface area contributed by atoms with Gasteiger partial charge in [-0.15, -0.1) is 0 Å². The average Bonchev–Trinajstić information content (AvgIpc) is 2.78. The number of aromatic nitrogens is 1.